The lowest BCUT2D eigenvalue weighted by atomic mass is 10.1. The summed E-state index contributed by atoms with van der Waals surface area (Å²) in [6.45, 7) is 1.95. The molecule has 0 radical (unpaired) electrons. The topological polar surface area (TPSA) is 114 Å². The molecular weight excluding hydrogens is 294 g/mol. The summed E-state index contributed by atoms with van der Waals surface area (Å²) in [5.74, 6) is -3.18. The molecular formula is C14H11NO5S. The van der Waals surface area contributed by atoms with Crippen LogP contribution in [0.5, 0.6) is 5.75 Å². The summed E-state index contributed by atoms with van der Waals surface area (Å²) in [6.07, 6.45) is 0.723. The van der Waals surface area contributed by atoms with E-state index in [1.807, 2.05) is 6.92 Å². The fourth-order valence-electron chi connectivity index (χ4n) is 2.31. The number of aromatic hydroxyl groups is 1. The van der Waals surface area contributed by atoms with Gasteiger partial charge >= 0.3 is 5.97 Å². The fourth-order valence-corrected chi connectivity index (χ4v) is 3.37. The highest BCUT2D eigenvalue weighted by atomic mass is 32.1. The highest BCUT2D eigenvalue weighted by molar-refractivity contribution is 7.20. The van der Waals surface area contributed by atoms with Gasteiger partial charge < -0.3 is 20.4 Å². The van der Waals surface area contributed by atoms with Gasteiger partial charge in [-0.25, -0.2) is 4.79 Å². The van der Waals surface area contributed by atoms with Gasteiger partial charge in [-0.05, 0) is 18.6 Å². The van der Waals surface area contributed by atoms with E-state index in [0.29, 0.717) is 11.1 Å². The maximum atomic E-state index is 12.1. The summed E-state index contributed by atoms with van der Waals surface area (Å²) in [5, 5.41) is 19.3. The summed E-state index contributed by atoms with van der Waals surface area (Å²) < 4.78 is 6.07. The van der Waals surface area contributed by atoms with Crippen LogP contribution in [0.3, 0.4) is 0 Å². The van der Waals surface area contributed by atoms with Gasteiger partial charge in [0.2, 0.25) is 11.2 Å². The summed E-state index contributed by atoms with van der Waals surface area (Å²) in [7, 11) is 0. The average Bonchev–Trinajstić information content (AvgIpc) is 2.79. The van der Waals surface area contributed by atoms with Gasteiger partial charge in [0.1, 0.15) is 5.58 Å². The van der Waals surface area contributed by atoms with Crippen LogP contribution in [0.15, 0.2) is 21.3 Å². The maximum Gasteiger partial charge on any atom is 0.375 e. The Kier molecular flexibility index (Phi) is 2.87. The Hall–Kier alpha value is -2.54. The number of carboxylic acids is 1. The van der Waals surface area contributed by atoms with Gasteiger partial charge in [-0.2, -0.15) is 0 Å². The third-order valence-corrected chi connectivity index (χ3v) is 4.63. The number of carboxylic acid groups (broad SMARTS) is 1. The van der Waals surface area contributed by atoms with E-state index in [-0.39, 0.29) is 11.0 Å². The van der Waals surface area contributed by atoms with Gasteiger partial charge in [0.15, 0.2) is 0 Å². The molecule has 0 unspecified atom stereocenters. The van der Waals surface area contributed by atoms with Crippen molar-refractivity contribution in [3.8, 4) is 5.75 Å². The first-order chi connectivity index (χ1) is 9.95. The van der Waals surface area contributed by atoms with E-state index in [0.717, 1.165) is 16.0 Å². The SMILES string of the molecule is CCc1sc2ccc3c(=O)c(O)c(C(=O)O)oc3c2c1N. The minimum absolute atomic E-state index is 0.0983. The van der Waals surface area contributed by atoms with Crippen LogP contribution in [0.25, 0.3) is 21.1 Å². The van der Waals surface area contributed by atoms with Crippen molar-refractivity contribution in [2.75, 3.05) is 5.73 Å². The monoisotopic (exact) mass is 305 g/mol. The van der Waals surface area contributed by atoms with Crippen molar-refractivity contribution in [2.24, 2.45) is 0 Å². The molecule has 0 atom stereocenters. The zero-order valence-electron chi connectivity index (χ0n) is 11.0. The van der Waals surface area contributed by atoms with Gasteiger partial charge in [-0.3, -0.25) is 4.79 Å². The van der Waals surface area contributed by atoms with Crippen molar-refractivity contribution in [1.29, 1.82) is 0 Å². The van der Waals surface area contributed by atoms with Crippen molar-refractivity contribution in [2.45, 2.75) is 13.3 Å². The molecule has 0 aliphatic rings. The second-order valence-electron chi connectivity index (χ2n) is 4.52. The third-order valence-electron chi connectivity index (χ3n) is 3.32. The van der Waals surface area contributed by atoms with Crippen molar-refractivity contribution >= 4 is 44.0 Å². The summed E-state index contributed by atoms with van der Waals surface area (Å²) in [6, 6.07) is 3.22. The van der Waals surface area contributed by atoms with Crippen LogP contribution in [-0.2, 0) is 6.42 Å². The van der Waals surface area contributed by atoms with Gasteiger partial charge in [0.05, 0.1) is 16.5 Å². The average molecular weight is 305 g/mol. The van der Waals surface area contributed by atoms with Crippen molar-refractivity contribution in [3.05, 3.63) is 33.0 Å². The minimum atomic E-state index is -1.51. The van der Waals surface area contributed by atoms with Crippen molar-refractivity contribution in [1.82, 2.24) is 0 Å². The molecule has 108 valence electrons. The van der Waals surface area contributed by atoms with Gasteiger partial charge in [-0.1, -0.05) is 6.92 Å². The fraction of sp³-hybridized carbons (Fsp3) is 0.143. The molecule has 0 saturated heterocycles. The number of nitrogen functional groups attached to an aromatic ring is 1. The first-order valence-electron chi connectivity index (χ1n) is 6.18. The number of hydrogen-bond acceptors (Lipinski definition) is 6. The van der Waals surface area contributed by atoms with E-state index < -0.39 is 22.9 Å². The highest BCUT2D eigenvalue weighted by Gasteiger charge is 2.22. The number of aryl methyl sites for hydroxylation is 1. The highest BCUT2D eigenvalue weighted by Crippen LogP contribution is 2.39. The molecule has 21 heavy (non-hydrogen) atoms. The van der Waals surface area contributed by atoms with Crippen LogP contribution in [0.4, 0.5) is 5.69 Å². The van der Waals surface area contributed by atoms with Gasteiger partial charge in [0.25, 0.3) is 5.76 Å². The van der Waals surface area contributed by atoms with Gasteiger partial charge in [-0.15, -0.1) is 11.3 Å². The van der Waals surface area contributed by atoms with Crippen molar-refractivity contribution < 1.29 is 19.4 Å². The molecule has 0 bridgehead atoms. The Balaban J connectivity index is 2.58. The third kappa shape index (κ3) is 1.78. The Labute approximate surface area is 122 Å². The van der Waals surface area contributed by atoms with Crippen molar-refractivity contribution in [3.63, 3.8) is 0 Å². The van der Waals surface area contributed by atoms with Crippen LogP contribution in [0.2, 0.25) is 0 Å². The lowest BCUT2D eigenvalue weighted by molar-refractivity contribution is 0.0658. The van der Waals surface area contributed by atoms with E-state index >= 15 is 0 Å². The molecule has 7 heteroatoms. The molecule has 0 aliphatic heterocycles. The van der Waals surface area contributed by atoms with E-state index in [4.69, 9.17) is 15.3 Å². The van der Waals surface area contributed by atoms with E-state index in [1.54, 1.807) is 6.07 Å². The molecule has 4 N–H and O–H groups in total. The molecule has 0 aliphatic carbocycles. The Morgan fingerprint density at radius 1 is 1.43 bits per heavy atom. The Bertz CT molecular complexity index is 954. The van der Waals surface area contributed by atoms with Crippen LogP contribution in [0.1, 0.15) is 22.4 Å². The van der Waals surface area contributed by atoms with Crippen LogP contribution < -0.4 is 11.2 Å². The van der Waals surface area contributed by atoms with E-state index in [1.165, 1.54) is 17.4 Å². The molecule has 3 rings (SSSR count). The second-order valence-corrected chi connectivity index (χ2v) is 5.66. The van der Waals surface area contributed by atoms with Crippen LogP contribution >= 0.6 is 11.3 Å². The number of fused-ring (bicyclic) bond motifs is 3. The standard InChI is InChI=1S/C14H11NO5S/c1-2-6-9(15)8-7(21-6)4-3-5-10(16)11(17)13(14(18)19)20-12(5)8/h3-4,17H,2,15H2,1H3,(H,18,19). The largest absolute Gasteiger partial charge is 0.501 e. The predicted molar refractivity (Wildman–Crippen MR) is 80.3 cm³/mol. The molecule has 0 spiro atoms. The van der Waals surface area contributed by atoms with Crippen LogP contribution in [0, 0.1) is 0 Å². The van der Waals surface area contributed by atoms with Gasteiger partial charge in [0, 0.05) is 9.58 Å². The normalized spacial score (nSPS) is 11.3. The molecule has 3 aromatic rings. The van der Waals surface area contributed by atoms with Crippen LogP contribution in [-0.4, -0.2) is 16.2 Å². The zero-order valence-corrected chi connectivity index (χ0v) is 11.8. The molecule has 1 aromatic carbocycles. The summed E-state index contributed by atoms with van der Waals surface area (Å²) in [4.78, 5) is 24.1. The number of nitrogens with two attached hydrogens (primary N) is 1. The number of anilines is 1. The quantitative estimate of drug-likeness (QED) is 0.670. The van der Waals surface area contributed by atoms with E-state index in [2.05, 4.69) is 0 Å². The lowest BCUT2D eigenvalue weighted by Crippen LogP contribution is -2.08. The zero-order chi connectivity index (χ0) is 15.3. The first-order valence-corrected chi connectivity index (χ1v) is 7.00. The predicted octanol–water partition coefficient (Wildman–Crippen LogP) is 2.56. The minimum Gasteiger partial charge on any atom is -0.501 e. The van der Waals surface area contributed by atoms with E-state index in [9.17, 15) is 14.7 Å². The smallest absolute Gasteiger partial charge is 0.375 e. The summed E-state index contributed by atoms with van der Waals surface area (Å²) in [5.41, 5.74) is 5.87. The number of aromatic carboxylic acids is 1. The number of benzene rings is 1. The Morgan fingerprint density at radius 3 is 2.76 bits per heavy atom. The first kappa shape index (κ1) is 13.4. The molecule has 0 amide bonds. The Morgan fingerprint density at radius 2 is 2.14 bits per heavy atom. The number of thiophene rings is 1. The maximum absolute atomic E-state index is 12.1. The lowest BCUT2D eigenvalue weighted by Gasteiger charge is -2.04. The summed E-state index contributed by atoms with van der Waals surface area (Å²) >= 11 is 1.47. The number of hydrogen-bond donors (Lipinski definition) is 3. The molecule has 2 aromatic heterocycles. The molecule has 6 nitrogen and oxygen atoms in total. The second kappa shape index (κ2) is 4.49. The molecule has 0 saturated carbocycles. The number of carbonyl (C=O) groups is 1. The number of rotatable bonds is 2. The molecule has 0 fully saturated rings. The molecule has 2 heterocycles.